The summed E-state index contributed by atoms with van der Waals surface area (Å²) >= 11 is 13.7. The van der Waals surface area contributed by atoms with Crippen LogP contribution in [0.4, 0.5) is 9.52 Å². The number of thiazole rings is 1. The van der Waals surface area contributed by atoms with E-state index in [1.54, 1.807) is 23.6 Å². The van der Waals surface area contributed by atoms with Gasteiger partial charge in [0.25, 0.3) is 5.91 Å². The predicted molar refractivity (Wildman–Crippen MR) is 161 cm³/mol. The molecular formula is C30H33Cl2FN2O4S. The molecule has 10 heteroatoms. The summed E-state index contributed by atoms with van der Waals surface area (Å²) in [6, 6.07) is 7.92. The number of aliphatic carboxylic acids is 1. The van der Waals surface area contributed by atoms with Gasteiger partial charge < -0.3 is 9.84 Å². The van der Waals surface area contributed by atoms with Crippen LogP contribution in [-0.2, 0) is 9.53 Å². The summed E-state index contributed by atoms with van der Waals surface area (Å²) in [5.74, 6) is -2.02. The van der Waals surface area contributed by atoms with Crippen molar-refractivity contribution in [3.05, 3.63) is 73.8 Å². The van der Waals surface area contributed by atoms with Gasteiger partial charge in [0.1, 0.15) is 5.82 Å². The molecule has 0 aliphatic carbocycles. The van der Waals surface area contributed by atoms with Gasteiger partial charge in [0.05, 0.1) is 21.8 Å². The highest BCUT2D eigenvalue weighted by Crippen LogP contribution is 2.33. The van der Waals surface area contributed by atoms with E-state index in [0.717, 1.165) is 24.2 Å². The van der Waals surface area contributed by atoms with Crippen molar-refractivity contribution >= 4 is 57.6 Å². The second-order valence-corrected chi connectivity index (χ2v) is 11.1. The van der Waals surface area contributed by atoms with Crippen molar-refractivity contribution in [3.8, 4) is 11.3 Å². The van der Waals surface area contributed by atoms with E-state index in [-0.39, 0.29) is 26.3 Å². The molecule has 3 rings (SSSR count). The first-order chi connectivity index (χ1) is 19.1. The third-order valence-corrected chi connectivity index (χ3v) is 7.76. The van der Waals surface area contributed by atoms with E-state index in [2.05, 4.69) is 17.2 Å². The minimum atomic E-state index is -1.11. The Bertz CT molecular complexity index is 1350. The summed E-state index contributed by atoms with van der Waals surface area (Å²) in [4.78, 5) is 28.4. The Hall–Kier alpha value is -2.78. The van der Waals surface area contributed by atoms with Gasteiger partial charge in [-0.05, 0) is 44.5 Å². The first kappa shape index (κ1) is 31.7. The molecule has 0 saturated heterocycles. The highest BCUT2D eigenvalue weighted by Gasteiger charge is 2.19. The number of halogens is 3. The first-order valence-electron chi connectivity index (χ1n) is 13.2. The highest BCUT2D eigenvalue weighted by atomic mass is 35.5. The van der Waals surface area contributed by atoms with E-state index in [4.69, 9.17) is 33.0 Å². The molecule has 1 atom stereocenters. The van der Waals surface area contributed by atoms with E-state index in [1.165, 1.54) is 50.8 Å². The fraction of sp³-hybridized carbons (Fsp3) is 0.367. The van der Waals surface area contributed by atoms with Crippen LogP contribution < -0.4 is 5.32 Å². The molecule has 0 aliphatic rings. The molecular weight excluding hydrogens is 574 g/mol. The van der Waals surface area contributed by atoms with Crippen molar-refractivity contribution in [2.24, 2.45) is 0 Å². The lowest BCUT2D eigenvalue weighted by atomic mass is 10.0. The van der Waals surface area contributed by atoms with Crippen LogP contribution in [-0.4, -0.2) is 28.6 Å². The van der Waals surface area contributed by atoms with Crippen molar-refractivity contribution in [1.82, 2.24) is 4.98 Å². The number of unbranched alkanes of at least 4 members (excludes halogenated alkanes) is 5. The maximum atomic E-state index is 15.5. The lowest BCUT2D eigenvalue weighted by Crippen LogP contribution is -2.12. The number of nitrogens with zero attached hydrogens (tertiary/aromatic N) is 1. The molecule has 1 amide bonds. The summed E-state index contributed by atoms with van der Waals surface area (Å²) in [5, 5.41) is 14.0. The molecule has 1 heterocycles. The monoisotopic (exact) mass is 606 g/mol. The number of carboxylic acids is 1. The molecule has 2 N–H and O–H groups in total. The zero-order chi connectivity index (χ0) is 29.2. The Kier molecular flexibility index (Phi) is 12.1. The molecule has 0 spiro atoms. The van der Waals surface area contributed by atoms with Crippen LogP contribution in [0.15, 0.2) is 41.3 Å². The Balaban J connectivity index is 1.67. The predicted octanol–water partition coefficient (Wildman–Crippen LogP) is 9.43. The number of ether oxygens (including phenoxy) is 1. The quantitative estimate of drug-likeness (QED) is 0.141. The average molecular weight is 608 g/mol. The number of rotatable bonds is 14. The van der Waals surface area contributed by atoms with E-state index >= 15 is 4.39 Å². The molecule has 1 aromatic heterocycles. The summed E-state index contributed by atoms with van der Waals surface area (Å²) in [5.41, 5.74) is 1.69. The molecule has 2 aromatic carbocycles. The van der Waals surface area contributed by atoms with Gasteiger partial charge in [-0.1, -0.05) is 74.4 Å². The molecule has 3 aromatic rings. The second-order valence-electron chi connectivity index (χ2n) is 9.47. The highest BCUT2D eigenvalue weighted by molar-refractivity contribution is 7.14. The van der Waals surface area contributed by atoms with Crippen molar-refractivity contribution in [3.63, 3.8) is 0 Å². The lowest BCUT2D eigenvalue weighted by Gasteiger charge is -2.15. The SMILES string of the molecule is CCCCCCCCOC(C)c1cccc(-c2csc(NC(=O)c3cc(Cl)c(C=C(C)C(=O)O)c(Cl)c3)n2)c1F. The van der Waals surface area contributed by atoms with Gasteiger partial charge in [0, 0.05) is 39.8 Å². The fourth-order valence-electron chi connectivity index (χ4n) is 4.05. The Labute approximate surface area is 248 Å². The van der Waals surface area contributed by atoms with Crippen LogP contribution in [0.1, 0.15) is 86.9 Å². The number of carbonyl (C=O) groups is 2. The molecule has 40 heavy (non-hydrogen) atoms. The normalized spacial score (nSPS) is 12.4. The topological polar surface area (TPSA) is 88.5 Å². The summed E-state index contributed by atoms with van der Waals surface area (Å²) < 4.78 is 21.4. The second kappa shape index (κ2) is 15.3. The number of anilines is 1. The van der Waals surface area contributed by atoms with Crippen LogP contribution in [0.2, 0.25) is 10.0 Å². The van der Waals surface area contributed by atoms with Gasteiger partial charge in [0.15, 0.2) is 5.13 Å². The zero-order valence-electron chi connectivity index (χ0n) is 22.7. The van der Waals surface area contributed by atoms with E-state index in [1.807, 2.05) is 6.92 Å². The van der Waals surface area contributed by atoms with Gasteiger partial charge in [-0.3, -0.25) is 10.1 Å². The molecule has 1 unspecified atom stereocenters. The number of hydrogen-bond donors (Lipinski definition) is 2. The zero-order valence-corrected chi connectivity index (χ0v) is 25.1. The van der Waals surface area contributed by atoms with Crippen LogP contribution in [0.25, 0.3) is 17.3 Å². The fourth-order valence-corrected chi connectivity index (χ4v) is 5.35. The number of carboxylic acid groups (broad SMARTS) is 1. The van der Waals surface area contributed by atoms with Gasteiger partial charge in [-0.2, -0.15) is 0 Å². The van der Waals surface area contributed by atoms with E-state index in [9.17, 15) is 9.59 Å². The average Bonchev–Trinajstić information content (AvgIpc) is 3.37. The third kappa shape index (κ3) is 8.61. The maximum absolute atomic E-state index is 15.5. The van der Waals surface area contributed by atoms with Crippen LogP contribution in [0, 0.1) is 5.82 Å². The van der Waals surface area contributed by atoms with Crippen LogP contribution in [0.3, 0.4) is 0 Å². The summed E-state index contributed by atoms with van der Waals surface area (Å²) in [7, 11) is 0. The van der Waals surface area contributed by atoms with Gasteiger partial charge >= 0.3 is 5.97 Å². The molecule has 0 aliphatic heterocycles. The Morgan fingerprint density at radius 3 is 2.50 bits per heavy atom. The van der Waals surface area contributed by atoms with Crippen LogP contribution in [0.5, 0.6) is 0 Å². The van der Waals surface area contributed by atoms with Gasteiger partial charge in [-0.25, -0.2) is 14.2 Å². The molecule has 0 radical (unpaired) electrons. The number of aromatic nitrogens is 1. The maximum Gasteiger partial charge on any atom is 0.331 e. The standard InChI is InChI=1S/C30H33Cl2FN2O4S/c1-4-5-6-7-8-9-13-39-19(3)21-11-10-12-22(27(21)33)26-17-40-30(34-26)35-28(36)20-15-24(31)23(25(32)16-20)14-18(2)29(37)38/h10-12,14-17,19H,4-9,13H2,1-3H3,(H,37,38)(H,34,35,36). The minimum absolute atomic E-state index is 0.0476. The third-order valence-electron chi connectivity index (χ3n) is 6.37. The van der Waals surface area contributed by atoms with E-state index < -0.39 is 23.8 Å². The first-order valence-corrected chi connectivity index (χ1v) is 14.8. The number of carbonyl (C=O) groups excluding carboxylic acids is 1. The molecule has 0 saturated carbocycles. The summed E-state index contributed by atoms with van der Waals surface area (Å²) in [6.07, 6.45) is 7.87. The Morgan fingerprint density at radius 1 is 1.15 bits per heavy atom. The lowest BCUT2D eigenvalue weighted by molar-refractivity contribution is -0.132. The number of hydrogen-bond acceptors (Lipinski definition) is 5. The van der Waals surface area contributed by atoms with Gasteiger partial charge in [-0.15, -0.1) is 11.3 Å². The molecule has 6 nitrogen and oxygen atoms in total. The largest absolute Gasteiger partial charge is 0.478 e. The van der Waals surface area contributed by atoms with Crippen molar-refractivity contribution < 1.29 is 23.8 Å². The van der Waals surface area contributed by atoms with Crippen molar-refractivity contribution in [1.29, 1.82) is 0 Å². The number of benzene rings is 2. The Morgan fingerprint density at radius 2 is 1.82 bits per heavy atom. The smallest absolute Gasteiger partial charge is 0.331 e. The minimum Gasteiger partial charge on any atom is -0.478 e. The number of amides is 1. The molecule has 0 bridgehead atoms. The molecule has 214 valence electrons. The van der Waals surface area contributed by atoms with Crippen LogP contribution >= 0.6 is 34.5 Å². The summed E-state index contributed by atoms with van der Waals surface area (Å²) in [6.45, 7) is 6.02. The number of nitrogens with one attached hydrogen (secondary N) is 1. The molecule has 0 fully saturated rings. The van der Waals surface area contributed by atoms with Gasteiger partial charge in [0.2, 0.25) is 0 Å². The van der Waals surface area contributed by atoms with Crippen molar-refractivity contribution in [2.45, 2.75) is 65.4 Å². The van der Waals surface area contributed by atoms with E-state index in [0.29, 0.717) is 29.0 Å². The van der Waals surface area contributed by atoms with Crippen molar-refractivity contribution in [2.75, 3.05) is 11.9 Å².